The lowest BCUT2D eigenvalue weighted by Crippen LogP contribution is -2.41. The number of hydrogen-bond donors (Lipinski definition) is 0. The van der Waals surface area contributed by atoms with E-state index < -0.39 is 17.4 Å². The molecule has 0 bridgehead atoms. The molecule has 1 rings (SSSR count). The fraction of sp³-hybridized carbons (Fsp3) is 0.600. The minimum atomic E-state index is -1.21. The van der Waals surface area contributed by atoms with Crippen molar-refractivity contribution in [1.82, 2.24) is 0 Å². The molecule has 1 aromatic carbocycles. The summed E-state index contributed by atoms with van der Waals surface area (Å²) < 4.78 is 11.1. The maximum Gasteiger partial charge on any atom is 0.324 e. The van der Waals surface area contributed by atoms with Crippen LogP contribution in [0.25, 0.3) is 0 Å². The van der Waals surface area contributed by atoms with Crippen LogP contribution in [0.1, 0.15) is 71.5 Å². The van der Waals surface area contributed by atoms with Crippen molar-refractivity contribution in [3.63, 3.8) is 0 Å². The maximum absolute atomic E-state index is 12.8. The van der Waals surface area contributed by atoms with Gasteiger partial charge in [0.2, 0.25) is 0 Å². The first-order valence-electron chi connectivity index (χ1n) is 8.98. The number of carbonyl (C=O) groups is 2. The van der Waals surface area contributed by atoms with Crippen molar-refractivity contribution in [2.45, 2.75) is 65.9 Å². The van der Waals surface area contributed by atoms with Gasteiger partial charge in [-0.25, -0.2) is 0 Å². The van der Waals surface area contributed by atoms with E-state index >= 15 is 0 Å². The van der Waals surface area contributed by atoms with E-state index in [2.05, 4.69) is 0 Å². The van der Waals surface area contributed by atoms with Crippen LogP contribution in [-0.2, 0) is 19.1 Å². The second-order valence-electron chi connectivity index (χ2n) is 5.99. The van der Waals surface area contributed by atoms with E-state index in [4.69, 9.17) is 9.47 Å². The third-order valence-electron chi connectivity index (χ3n) is 4.51. The van der Waals surface area contributed by atoms with Crippen molar-refractivity contribution < 1.29 is 19.1 Å². The highest BCUT2D eigenvalue weighted by atomic mass is 16.6. The van der Waals surface area contributed by atoms with E-state index in [1.807, 2.05) is 58.0 Å². The normalized spacial score (nSPS) is 12.5. The summed E-state index contributed by atoms with van der Waals surface area (Å²) in [4.78, 5) is 25.3. The smallest absolute Gasteiger partial charge is 0.324 e. The van der Waals surface area contributed by atoms with E-state index in [1.54, 1.807) is 0 Å². The minimum absolute atomic E-state index is 0.347. The first-order valence-corrected chi connectivity index (χ1v) is 8.98. The summed E-state index contributed by atoms with van der Waals surface area (Å²) in [7, 11) is 0. The minimum Gasteiger partial charge on any atom is -0.465 e. The summed E-state index contributed by atoms with van der Waals surface area (Å²) in [6.45, 7) is 8.00. The van der Waals surface area contributed by atoms with Gasteiger partial charge < -0.3 is 9.47 Å². The quantitative estimate of drug-likeness (QED) is 0.349. The van der Waals surface area contributed by atoms with Crippen LogP contribution in [0.4, 0.5) is 0 Å². The summed E-state index contributed by atoms with van der Waals surface area (Å²) in [5, 5.41) is 0. The van der Waals surface area contributed by atoms with Gasteiger partial charge in [0.1, 0.15) is 6.10 Å². The highest BCUT2D eigenvalue weighted by Gasteiger charge is 2.46. The van der Waals surface area contributed by atoms with Crippen LogP contribution in [0, 0.1) is 5.41 Å². The Labute approximate surface area is 145 Å². The largest absolute Gasteiger partial charge is 0.465 e. The SMILES string of the molecule is CCCCOC(=O)C(CC)(CC)C(=O)OC(CC)c1ccccc1. The predicted molar refractivity (Wildman–Crippen MR) is 94.4 cm³/mol. The monoisotopic (exact) mass is 334 g/mol. The zero-order chi connectivity index (χ0) is 18.0. The van der Waals surface area contributed by atoms with E-state index in [-0.39, 0.29) is 6.10 Å². The molecule has 1 aromatic rings. The fourth-order valence-electron chi connectivity index (χ4n) is 2.65. The van der Waals surface area contributed by atoms with Crippen molar-refractivity contribution in [2.75, 3.05) is 6.61 Å². The molecule has 1 unspecified atom stereocenters. The number of unbranched alkanes of at least 4 members (excludes halogenated alkanes) is 1. The average Bonchev–Trinajstić information content (AvgIpc) is 2.62. The molecule has 4 heteroatoms. The van der Waals surface area contributed by atoms with Gasteiger partial charge in [0.15, 0.2) is 5.41 Å². The zero-order valence-electron chi connectivity index (χ0n) is 15.3. The molecule has 0 saturated heterocycles. The first kappa shape index (κ1) is 20.2. The van der Waals surface area contributed by atoms with Gasteiger partial charge in [0, 0.05) is 0 Å². The summed E-state index contributed by atoms with van der Waals surface area (Å²) in [6.07, 6.45) is 2.79. The Hall–Kier alpha value is -1.84. The molecule has 0 radical (unpaired) electrons. The number of carbonyl (C=O) groups excluding carboxylic acids is 2. The lowest BCUT2D eigenvalue weighted by molar-refractivity contribution is -0.177. The van der Waals surface area contributed by atoms with Crippen molar-refractivity contribution >= 4 is 11.9 Å². The Bertz CT molecular complexity index is 506. The summed E-state index contributed by atoms with van der Waals surface area (Å²) in [5.74, 6) is -0.946. The third kappa shape index (κ3) is 4.83. The van der Waals surface area contributed by atoms with Gasteiger partial charge >= 0.3 is 11.9 Å². The molecule has 134 valence electrons. The average molecular weight is 334 g/mol. The van der Waals surface area contributed by atoms with Crippen LogP contribution in [0.3, 0.4) is 0 Å². The molecule has 0 saturated carbocycles. The van der Waals surface area contributed by atoms with Crippen LogP contribution >= 0.6 is 0 Å². The van der Waals surface area contributed by atoms with Crippen molar-refractivity contribution in [3.8, 4) is 0 Å². The Morgan fingerprint density at radius 2 is 1.62 bits per heavy atom. The highest BCUT2D eigenvalue weighted by molar-refractivity contribution is 6.00. The van der Waals surface area contributed by atoms with Crippen molar-refractivity contribution in [3.05, 3.63) is 35.9 Å². The number of benzene rings is 1. The second kappa shape index (κ2) is 10.1. The lowest BCUT2D eigenvalue weighted by atomic mass is 9.82. The molecule has 4 nitrogen and oxygen atoms in total. The Morgan fingerprint density at radius 1 is 1.00 bits per heavy atom. The molecule has 1 atom stereocenters. The van der Waals surface area contributed by atoms with Crippen molar-refractivity contribution in [1.29, 1.82) is 0 Å². The molecule has 0 spiro atoms. The second-order valence-corrected chi connectivity index (χ2v) is 5.99. The fourth-order valence-corrected chi connectivity index (χ4v) is 2.65. The molecule has 0 N–H and O–H groups in total. The molecule has 0 aliphatic rings. The molecule has 24 heavy (non-hydrogen) atoms. The van der Waals surface area contributed by atoms with Gasteiger partial charge in [-0.05, 0) is 31.2 Å². The van der Waals surface area contributed by atoms with Crippen LogP contribution in [0.2, 0.25) is 0 Å². The van der Waals surface area contributed by atoms with Gasteiger partial charge in [-0.3, -0.25) is 9.59 Å². The third-order valence-corrected chi connectivity index (χ3v) is 4.51. The van der Waals surface area contributed by atoms with E-state index in [0.717, 1.165) is 18.4 Å². The molecule has 0 aromatic heterocycles. The summed E-state index contributed by atoms with van der Waals surface area (Å²) in [5.41, 5.74) is -0.274. The van der Waals surface area contributed by atoms with E-state index in [9.17, 15) is 9.59 Å². The molecule has 0 heterocycles. The van der Waals surface area contributed by atoms with Gasteiger partial charge in [-0.1, -0.05) is 64.4 Å². The predicted octanol–water partition coefficient (Wildman–Crippen LogP) is 4.83. The summed E-state index contributed by atoms with van der Waals surface area (Å²) >= 11 is 0. The highest BCUT2D eigenvalue weighted by Crippen LogP contribution is 2.33. The zero-order valence-corrected chi connectivity index (χ0v) is 15.3. The number of rotatable bonds is 10. The Morgan fingerprint density at radius 3 is 2.12 bits per heavy atom. The van der Waals surface area contributed by atoms with Gasteiger partial charge in [-0.2, -0.15) is 0 Å². The van der Waals surface area contributed by atoms with Crippen LogP contribution < -0.4 is 0 Å². The molecule has 0 amide bonds. The van der Waals surface area contributed by atoms with Crippen LogP contribution in [-0.4, -0.2) is 18.5 Å². The molecular weight excluding hydrogens is 304 g/mol. The summed E-state index contributed by atoms with van der Waals surface area (Å²) in [6, 6.07) is 9.61. The molecule has 0 fully saturated rings. The maximum atomic E-state index is 12.8. The van der Waals surface area contributed by atoms with Gasteiger partial charge in [0.25, 0.3) is 0 Å². The Kier molecular flexibility index (Phi) is 8.51. The molecule has 0 aliphatic carbocycles. The van der Waals surface area contributed by atoms with Crippen LogP contribution in [0.15, 0.2) is 30.3 Å². The van der Waals surface area contributed by atoms with E-state index in [0.29, 0.717) is 25.9 Å². The van der Waals surface area contributed by atoms with Gasteiger partial charge in [-0.15, -0.1) is 0 Å². The standard InChI is InChI=1S/C20H30O4/c1-5-9-15-23-18(21)20(7-3,8-4)19(22)24-17(6-2)16-13-11-10-12-14-16/h10-14,17H,5-9,15H2,1-4H3. The van der Waals surface area contributed by atoms with Crippen LogP contribution in [0.5, 0.6) is 0 Å². The van der Waals surface area contributed by atoms with E-state index in [1.165, 1.54) is 0 Å². The lowest BCUT2D eigenvalue weighted by Gasteiger charge is -2.29. The Balaban J connectivity index is 2.90. The number of ether oxygens (including phenoxy) is 2. The first-order chi connectivity index (χ1) is 11.6. The molecule has 0 aliphatic heterocycles. The number of hydrogen-bond acceptors (Lipinski definition) is 4. The number of esters is 2. The van der Waals surface area contributed by atoms with Gasteiger partial charge in [0.05, 0.1) is 6.61 Å². The topological polar surface area (TPSA) is 52.6 Å². The van der Waals surface area contributed by atoms with Crippen molar-refractivity contribution in [2.24, 2.45) is 5.41 Å². The molecular formula is C20H30O4.